The van der Waals surface area contributed by atoms with Crippen molar-refractivity contribution in [2.24, 2.45) is 5.41 Å². The Balaban J connectivity index is 2.17. The average Bonchev–Trinajstić information content (AvgIpc) is 2.31. The average molecular weight is 282 g/mol. The summed E-state index contributed by atoms with van der Waals surface area (Å²) in [7, 11) is -3.28. The fraction of sp³-hybridized carbons (Fsp3) is 0.571. The molecule has 0 aromatic heterocycles. The van der Waals surface area contributed by atoms with Crippen LogP contribution in [0.2, 0.25) is 0 Å². The Morgan fingerprint density at radius 3 is 2.63 bits per heavy atom. The summed E-state index contributed by atoms with van der Waals surface area (Å²) in [6, 6.07) is 7.16. The Labute approximate surface area is 115 Å². The van der Waals surface area contributed by atoms with Gasteiger partial charge in [0.1, 0.15) is 0 Å². The van der Waals surface area contributed by atoms with Crippen LogP contribution < -0.4 is 5.73 Å². The highest BCUT2D eigenvalue weighted by atomic mass is 32.2. The normalized spacial score (nSPS) is 20.3. The van der Waals surface area contributed by atoms with Gasteiger partial charge in [0, 0.05) is 18.8 Å². The number of nitrogens with zero attached hydrogens (tertiary/aromatic N) is 1. The van der Waals surface area contributed by atoms with Crippen LogP contribution >= 0.6 is 0 Å². The smallest absolute Gasteiger partial charge is 0.218 e. The van der Waals surface area contributed by atoms with E-state index in [1.165, 1.54) is 0 Å². The molecule has 0 bridgehead atoms. The number of nitrogen functional groups attached to an aromatic ring is 1. The maximum Gasteiger partial charge on any atom is 0.218 e. The molecule has 0 spiro atoms. The molecule has 0 radical (unpaired) electrons. The molecule has 2 N–H and O–H groups in total. The van der Waals surface area contributed by atoms with Gasteiger partial charge in [0.15, 0.2) is 0 Å². The minimum absolute atomic E-state index is 0.00421. The minimum atomic E-state index is -3.28. The lowest BCUT2D eigenvalue weighted by atomic mass is 9.85. The first-order valence-corrected chi connectivity index (χ1v) is 8.22. The molecule has 1 heterocycles. The first-order chi connectivity index (χ1) is 8.80. The van der Waals surface area contributed by atoms with Gasteiger partial charge in [-0.2, -0.15) is 0 Å². The van der Waals surface area contributed by atoms with E-state index in [-0.39, 0.29) is 11.2 Å². The zero-order valence-electron chi connectivity index (χ0n) is 11.6. The monoisotopic (exact) mass is 282 g/mol. The van der Waals surface area contributed by atoms with Gasteiger partial charge in [-0.15, -0.1) is 0 Å². The zero-order chi connectivity index (χ0) is 14.1. The molecule has 2 rings (SSSR count). The summed E-state index contributed by atoms with van der Waals surface area (Å²) in [5.74, 6) is -0.00421. The summed E-state index contributed by atoms with van der Waals surface area (Å²) in [4.78, 5) is 0. The summed E-state index contributed by atoms with van der Waals surface area (Å²) < 4.78 is 26.5. The molecular formula is C14H22N2O2S. The highest BCUT2D eigenvalue weighted by Gasteiger charge is 2.33. The van der Waals surface area contributed by atoms with Crippen molar-refractivity contribution in [1.82, 2.24) is 4.31 Å². The molecule has 1 aliphatic heterocycles. The molecule has 5 heteroatoms. The van der Waals surface area contributed by atoms with Gasteiger partial charge in [0.25, 0.3) is 0 Å². The Kier molecular flexibility index (Phi) is 3.87. The van der Waals surface area contributed by atoms with Crippen molar-refractivity contribution in [3.05, 3.63) is 29.8 Å². The predicted molar refractivity (Wildman–Crippen MR) is 78.1 cm³/mol. The van der Waals surface area contributed by atoms with Gasteiger partial charge >= 0.3 is 0 Å². The number of anilines is 1. The number of rotatable bonds is 3. The molecule has 0 aliphatic carbocycles. The van der Waals surface area contributed by atoms with Crippen molar-refractivity contribution in [3.8, 4) is 0 Å². The third kappa shape index (κ3) is 3.48. The number of nitrogens with two attached hydrogens (primary N) is 1. The number of hydrogen-bond acceptors (Lipinski definition) is 3. The van der Waals surface area contributed by atoms with Crippen molar-refractivity contribution in [3.63, 3.8) is 0 Å². The summed E-state index contributed by atoms with van der Waals surface area (Å²) in [5.41, 5.74) is 7.12. The van der Waals surface area contributed by atoms with E-state index >= 15 is 0 Å². The maximum absolute atomic E-state index is 12.5. The van der Waals surface area contributed by atoms with Crippen LogP contribution in [0.4, 0.5) is 5.69 Å². The molecule has 1 aliphatic rings. The Morgan fingerprint density at radius 2 is 2.00 bits per heavy atom. The van der Waals surface area contributed by atoms with E-state index in [1.54, 1.807) is 16.4 Å². The van der Waals surface area contributed by atoms with Crippen molar-refractivity contribution in [2.45, 2.75) is 32.4 Å². The molecule has 1 aromatic rings. The molecule has 0 saturated carbocycles. The van der Waals surface area contributed by atoms with Gasteiger partial charge in [-0.3, -0.25) is 0 Å². The Morgan fingerprint density at radius 1 is 1.32 bits per heavy atom. The predicted octanol–water partition coefficient (Wildman–Crippen LogP) is 2.22. The van der Waals surface area contributed by atoms with E-state index in [1.807, 2.05) is 12.1 Å². The van der Waals surface area contributed by atoms with Crippen molar-refractivity contribution >= 4 is 15.7 Å². The van der Waals surface area contributed by atoms with Crippen LogP contribution in [0, 0.1) is 5.41 Å². The van der Waals surface area contributed by atoms with Crippen LogP contribution in [0.1, 0.15) is 32.3 Å². The number of benzene rings is 1. The molecule has 0 unspecified atom stereocenters. The van der Waals surface area contributed by atoms with Gasteiger partial charge in [-0.1, -0.05) is 32.0 Å². The van der Waals surface area contributed by atoms with Gasteiger partial charge < -0.3 is 5.73 Å². The summed E-state index contributed by atoms with van der Waals surface area (Å²) in [6.45, 7) is 5.46. The molecule has 1 fully saturated rings. The van der Waals surface area contributed by atoms with Crippen LogP contribution in [0.3, 0.4) is 0 Å². The second-order valence-electron chi connectivity index (χ2n) is 6.06. The van der Waals surface area contributed by atoms with Crippen molar-refractivity contribution < 1.29 is 8.42 Å². The molecule has 106 valence electrons. The third-order valence-electron chi connectivity index (χ3n) is 3.65. The summed E-state index contributed by atoms with van der Waals surface area (Å²) in [6.07, 6.45) is 2.00. The number of para-hydroxylation sites is 1. The molecule has 1 aromatic carbocycles. The quantitative estimate of drug-likeness (QED) is 0.865. The highest BCUT2D eigenvalue weighted by molar-refractivity contribution is 7.88. The lowest BCUT2D eigenvalue weighted by Crippen LogP contribution is -2.44. The number of piperidine rings is 1. The number of sulfonamides is 1. The highest BCUT2D eigenvalue weighted by Crippen LogP contribution is 2.31. The van der Waals surface area contributed by atoms with Crippen LogP contribution in [0.25, 0.3) is 0 Å². The topological polar surface area (TPSA) is 63.4 Å². The van der Waals surface area contributed by atoms with E-state index in [0.717, 1.165) is 12.8 Å². The van der Waals surface area contributed by atoms with Gasteiger partial charge in [0.2, 0.25) is 10.0 Å². The Bertz CT molecular complexity index is 552. The number of hydrogen-bond donors (Lipinski definition) is 1. The van der Waals surface area contributed by atoms with E-state index in [0.29, 0.717) is 24.3 Å². The molecule has 0 atom stereocenters. The Hall–Kier alpha value is -1.07. The fourth-order valence-corrected chi connectivity index (χ4v) is 4.35. The van der Waals surface area contributed by atoms with Crippen molar-refractivity contribution in [1.29, 1.82) is 0 Å². The van der Waals surface area contributed by atoms with E-state index in [2.05, 4.69) is 13.8 Å². The first kappa shape index (κ1) is 14.3. The fourth-order valence-electron chi connectivity index (χ4n) is 2.56. The van der Waals surface area contributed by atoms with E-state index in [4.69, 9.17) is 5.73 Å². The third-order valence-corrected chi connectivity index (χ3v) is 5.43. The lowest BCUT2D eigenvalue weighted by Gasteiger charge is -2.37. The first-order valence-electron chi connectivity index (χ1n) is 6.61. The second kappa shape index (κ2) is 5.13. The minimum Gasteiger partial charge on any atom is -0.398 e. The molecule has 19 heavy (non-hydrogen) atoms. The van der Waals surface area contributed by atoms with Crippen molar-refractivity contribution in [2.75, 3.05) is 18.8 Å². The van der Waals surface area contributed by atoms with Crippen LogP contribution in [-0.2, 0) is 15.8 Å². The van der Waals surface area contributed by atoms with E-state index in [9.17, 15) is 8.42 Å². The van der Waals surface area contributed by atoms with Crippen LogP contribution in [0.5, 0.6) is 0 Å². The van der Waals surface area contributed by atoms with Crippen LogP contribution in [0.15, 0.2) is 24.3 Å². The van der Waals surface area contributed by atoms with Gasteiger partial charge in [0.05, 0.1) is 5.75 Å². The molecular weight excluding hydrogens is 260 g/mol. The zero-order valence-corrected chi connectivity index (χ0v) is 12.4. The standard InChI is InChI=1S/C14H22N2O2S/c1-14(2)8-5-9-16(11-14)19(17,18)10-12-6-3-4-7-13(12)15/h3-4,6-7H,5,8-11,15H2,1-2H3. The lowest BCUT2D eigenvalue weighted by molar-refractivity contribution is 0.187. The SMILES string of the molecule is CC1(C)CCCN(S(=O)(=O)Cc2ccccc2N)C1. The molecule has 1 saturated heterocycles. The summed E-state index contributed by atoms with van der Waals surface area (Å²) in [5, 5.41) is 0. The second-order valence-corrected chi connectivity index (χ2v) is 8.03. The maximum atomic E-state index is 12.5. The molecule has 4 nitrogen and oxygen atoms in total. The van der Waals surface area contributed by atoms with Crippen LogP contribution in [-0.4, -0.2) is 25.8 Å². The summed E-state index contributed by atoms with van der Waals surface area (Å²) >= 11 is 0. The van der Waals surface area contributed by atoms with Gasteiger partial charge in [-0.25, -0.2) is 12.7 Å². The van der Waals surface area contributed by atoms with Gasteiger partial charge in [-0.05, 0) is 29.9 Å². The largest absolute Gasteiger partial charge is 0.398 e. The van der Waals surface area contributed by atoms with E-state index < -0.39 is 10.0 Å². The molecule has 0 amide bonds.